The summed E-state index contributed by atoms with van der Waals surface area (Å²) in [5.41, 5.74) is 0.367. The average Bonchev–Trinajstić information content (AvgIpc) is 2.81. The summed E-state index contributed by atoms with van der Waals surface area (Å²) < 4.78 is 10.2. The van der Waals surface area contributed by atoms with E-state index in [2.05, 4.69) is 13.8 Å². The molecule has 0 saturated carbocycles. The lowest BCUT2D eigenvalue weighted by molar-refractivity contribution is -0.384. The molecule has 2 heterocycles. The number of nitro groups is 1. The van der Waals surface area contributed by atoms with E-state index in [1.807, 2.05) is 4.90 Å². The van der Waals surface area contributed by atoms with Gasteiger partial charge in [0.25, 0.3) is 11.6 Å². The number of rotatable bonds is 7. The van der Waals surface area contributed by atoms with E-state index in [1.165, 1.54) is 12.1 Å². The lowest BCUT2D eigenvalue weighted by atomic mass is 9.91. The van der Waals surface area contributed by atoms with Crippen molar-refractivity contribution in [3.8, 4) is 0 Å². The van der Waals surface area contributed by atoms with Gasteiger partial charge in [-0.25, -0.2) is 4.79 Å². The molecule has 34 heavy (non-hydrogen) atoms. The summed E-state index contributed by atoms with van der Waals surface area (Å²) in [5, 5.41) is 11.7. The molecular formula is C24H33N3O7. The molecule has 3 rings (SSSR count). The zero-order chi connectivity index (χ0) is 24.8. The number of amides is 1. The maximum atomic E-state index is 12.5. The molecule has 10 nitrogen and oxygen atoms in total. The van der Waals surface area contributed by atoms with E-state index < -0.39 is 17.5 Å². The third-order valence-electron chi connectivity index (χ3n) is 6.41. The van der Waals surface area contributed by atoms with Crippen molar-refractivity contribution in [1.29, 1.82) is 0 Å². The topological polar surface area (TPSA) is 119 Å². The van der Waals surface area contributed by atoms with Gasteiger partial charge in [0.2, 0.25) is 0 Å². The van der Waals surface area contributed by atoms with Crippen molar-refractivity contribution in [2.45, 2.75) is 40.0 Å². The number of hydrogen-bond donors (Lipinski definition) is 0. The first-order valence-corrected chi connectivity index (χ1v) is 11.8. The van der Waals surface area contributed by atoms with Gasteiger partial charge in [-0.15, -0.1) is 0 Å². The van der Waals surface area contributed by atoms with Gasteiger partial charge in [0, 0.05) is 32.2 Å². The molecular weight excluding hydrogens is 442 g/mol. The summed E-state index contributed by atoms with van der Waals surface area (Å²) in [6.45, 7) is 8.06. The minimum atomic E-state index is -0.787. The Bertz CT molecular complexity index is 917. The highest BCUT2D eigenvalue weighted by molar-refractivity contribution is 5.93. The van der Waals surface area contributed by atoms with Gasteiger partial charge in [-0.1, -0.05) is 13.8 Å². The third-order valence-corrected chi connectivity index (χ3v) is 6.41. The van der Waals surface area contributed by atoms with Gasteiger partial charge in [0.1, 0.15) is 5.69 Å². The van der Waals surface area contributed by atoms with Crippen molar-refractivity contribution in [3.63, 3.8) is 0 Å². The molecule has 1 aromatic carbocycles. The van der Waals surface area contributed by atoms with Gasteiger partial charge in [0.05, 0.1) is 23.0 Å². The summed E-state index contributed by atoms with van der Waals surface area (Å²) >= 11 is 0. The van der Waals surface area contributed by atoms with Crippen molar-refractivity contribution in [1.82, 2.24) is 4.90 Å². The van der Waals surface area contributed by atoms with Crippen LogP contribution in [-0.2, 0) is 19.1 Å². The SMILES string of the molecule is CCOC(=O)C1CCN(C(=O)COC(=O)c2ccc(N3CC(C)CC(C)C3)c([N+](=O)[O-])c2)CC1. The standard InChI is InChI=1S/C24H33N3O7/c1-4-33-23(29)18-7-9-25(10-8-18)22(28)15-34-24(30)19-5-6-20(21(12-19)27(31)32)26-13-16(2)11-17(3)14-26/h5-6,12,16-18H,4,7-11,13-15H2,1-3H3. The molecule has 0 aromatic heterocycles. The first kappa shape index (κ1) is 25.5. The predicted molar refractivity (Wildman–Crippen MR) is 124 cm³/mol. The summed E-state index contributed by atoms with van der Waals surface area (Å²) in [6.07, 6.45) is 2.07. The van der Waals surface area contributed by atoms with Crippen molar-refractivity contribution in [3.05, 3.63) is 33.9 Å². The van der Waals surface area contributed by atoms with E-state index in [-0.39, 0.29) is 29.0 Å². The Morgan fingerprint density at radius 1 is 1.09 bits per heavy atom. The smallest absolute Gasteiger partial charge is 0.338 e. The van der Waals surface area contributed by atoms with E-state index >= 15 is 0 Å². The zero-order valence-corrected chi connectivity index (χ0v) is 20.0. The van der Waals surface area contributed by atoms with Crippen molar-refractivity contribution in [2.24, 2.45) is 17.8 Å². The number of ether oxygens (including phenoxy) is 2. The summed E-state index contributed by atoms with van der Waals surface area (Å²) in [4.78, 5) is 51.6. The molecule has 1 amide bonds. The first-order valence-electron chi connectivity index (χ1n) is 11.8. The molecule has 2 fully saturated rings. The molecule has 2 atom stereocenters. The molecule has 10 heteroatoms. The van der Waals surface area contributed by atoms with Gasteiger partial charge in [-0.3, -0.25) is 19.7 Å². The summed E-state index contributed by atoms with van der Waals surface area (Å²) in [5.74, 6) is -0.790. The van der Waals surface area contributed by atoms with Crippen LogP contribution in [0.15, 0.2) is 18.2 Å². The second kappa shape index (κ2) is 11.3. The molecule has 0 spiro atoms. The van der Waals surface area contributed by atoms with Crippen LogP contribution in [0.2, 0.25) is 0 Å². The van der Waals surface area contributed by atoms with E-state index in [1.54, 1.807) is 17.9 Å². The van der Waals surface area contributed by atoms with Crippen LogP contribution in [0, 0.1) is 27.9 Å². The molecule has 2 saturated heterocycles. The fourth-order valence-electron chi connectivity index (χ4n) is 4.85. The number of hydrogen-bond acceptors (Lipinski definition) is 8. The molecule has 0 bridgehead atoms. The lowest BCUT2D eigenvalue weighted by Crippen LogP contribution is -2.42. The highest BCUT2D eigenvalue weighted by Gasteiger charge is 2.30. The highest BCUT2D eigenvalue weighted by Crippen LogP contribution is 2.34. The van der Waals surface area contributed by atoms with Crippen LogP contribution < -0.4 is 4.90 Å². The van der Waals surface area contributed by atoms with Gasteiger partial charge in [-0.2, -0.15) is 0 Å². The van der Waals surface area contributed by atoms with Gasteiger partial charge < -0.3 is 19.3 Å². The van der Waals surface area contributed by atoms with E-state index in [0.717, 1.165) is 19.5 Å². The number of carbonyl (C=O) groups is 3. The number of likely N-dealkylation sites (tertiary alicyclic amines) is 1. The predicted octanol–water partition coefficient (Wildman–Crippen LogP) is 3.04. The maximum Gasteiger partial charge on any atom is 0.338 e. The van der Waals surface area contributed by atoms with Crippen LogP contribution in [-0.4, -0.2) is 67.1 Å². The highest BCUT2D eigenvalue weighted by atomic mass is 16.6. The Balaban J connectivity index is 1.58. The third kappa shape index (κ3) is 6.24. The van der Waals surface area contributed by atoms with Gasteiger partial charge in [-0.05, 0) is 50.2 Å². The number of nitrogens with zero attached hydrogens (tertiary/aromatic N) is 3. The second-order valence-corrected chi connectivity index (χ2v) is 9.29. The fourth-order valence-corrected chi connectivity index (χ4v) is 4.85. The number of carbonyl (C=O) groups excluding carboxylic acids is 3. The molecule has 0 aliphatic carbocycles. The minimum absolute atomic E-state index is 0.0300. The maximum absolute atomic E-state index is 12.5. The lowest BCUT2D eigenvalue weighted by Gasteiger charge is -2.36. The van der Waals surface area contributed by atoms with E-state index in [4.69, 9.17) is 9.47 Å². The summed E-state index contributed by atoms with van der Waals surface area (Å²) in [7, 11) is 0. The Labute approximate surface area is 199 Å². The Morgan fingerprint density at radius 3 is 2.32 bits per heavy atom. The Kier molecular flexibility index (Phi) is 8.46. The average molecular weight is 476 g/mol. The minimum Gasteiger partial charge on any atom is -0.466 e. The largest absolute Gasteiger partial charge is 0.466 e. The number of piperidine rings is 2. The van der Waals surface area contributed by atoms with E-state index in [0.29, 0.717) is 50.1 Å². The Hall–Kier alpha value is -3.17. The molecule has 0 N–H and O–H groups in total. The number of anilines is 1. The number of esters is 2. The van der Waals surface area contributed by atoms with Gasteiger partial charge in [0.15, 0.2) is 6.61 Å². The molecule has 186 valence electrons. The van der Waals surface area contributed by atoms with Crippen LogP contribution in [0.25, 0.3) is 0 Å². The Morgan fingerprint density at radius 2 is 1.74 bits per heavy atom. The molecule has 2 aliphatic heterocycles. The van der Waals surface area contributed by atoms with E-state index in [9.17, 15) is 24.5 Å². The van der Waals surface area contributed by atoms with Crippen LogP contribution in [0.1, 0.15) is 50.4 Å². The molecule has 2 aliphatic rings. The van der Waals surface area contributed by atoms with Crippen LogP contribution in [0.5, 0.6) is 0 Å². The quantitative estimate of drug-likeness (QED) is 0.335. The van der Waals surface area contributed by atoms with Crippen molar-refractivity contribution >= 4 is 29.2 Å². The summed E-state index contributed by atoms with van der Waals surface area (Å²) in [6, 6.07) is 4.31. The van der Waals surface area contributed by atoms with Crippen LogP contribution in [0.3, 0.4) is 0 Å². The molecule has 2 unspecified atom stereocenters. The van der Waals surface area contributed by atoms with Crippen molar-refractivity contribution < 1.29 is 28.8 Å². The first-order chi connectivity index (χ1) is 16.2. The molecule has 0 radical (unpaired) electrons. The van der Waals surface area contributed by atoms with Gasteiger partial charge >= 0.3 is 11.9 Å². The fraction of sp³-hybridized carbons (Fsp3) is 0.625. The number of benzene rings is 1. The zero-order valence-electron chi connectivity index (χ0n) is 20.0. The monoisotopic (exact) mass is 475 g/mol. The van der Waals surface area contributed by atoms with Crippen molar-refractivity contribution in [2.75, 3.05) is 44.3 Å². The second-order valence-electron chi connectivity index (χ2n) is 9.29. The van der Waals surface area contributed by atoms with Crippen LogP contribution >= 0.6 is 0 Å². The van der Waals surface area contributed by atoms with Crippen LogP contribution in [0.4, 0.5) is 11.4 Å². The number of nitro benzene ring substituents is 1. The normalized spacial score (nSPS) is 21.1. The molecule has 1 aromatic rings.